The number of benzene rings is 2. The van der Waals surface area contributed by atoms with E-state index in [2.05, 4.69) is 0 Å². The minimum absolute atomic E-state index is 0.248. The van der Waals surface area contributed by atoms with Crippen LogP contribution in [-0.4, -0.2) is 26.5 Å². The normalized spacial score (nSPS) is 13.4. The molecule has 2 rings (SSSR count). The number of anilines is 1. The third-order valence-corrected chi connectivity index (χ3v) is 5.41. The molecule has 1 unspecified atom stereocenters. The Hall–Kier alpha value is -2.60. The zero-order valence-electron chi connectivity index (χ0n) is 15.5. The van der Waals surface area contributed by atoms with E-state index < -0.39 is 62.0 Å². The van der Waals surface area contributed by atoms with Crippen molar-refractivity contribution in [3.05, 3.63) is 59.4 Å². The van der Waals surface area contributed by atoms with Gasteiger partial charge in [-0.25, -0.2) is 21.6 Å². The highest BCUT2D eigenvalue weighted by Gasteiger charge is 2.44. The van der Waals surface area contributed by atoms with E-state index in [9.17, 15) is 39.6 Å². The zero-order valence-corrected chi connectivity index (χ0v) is 16.3. The van der Waals surface area contributed by atoms with Crippen LogP contribution in [0.1, 0.15) is 24.2 Å². The second-order valence-electron chi connectivity index (χ2n) is 6.61. The first-order valence-electron chi connectivity index (χ1n) is 8.37. The Morgan fingerprint density at radius 1 is 0.933 bits per heavy atom. The van der Waals surface area contributed by atoms with Gasteiger partial charge in [-0.3, -0.25) is 4.79 Å². The minimum Gasteiger partial charge on any atom is -0.322 e. The molecule has 0 aliphatic carbocycles. The monoisotopic (exact) mass is 454 g/mol. The van der Waals surface area contributed by atoms with E-state index >= 15 is 0 Å². The molecule has 0 aliphatic heterocycles. The molecular formula is C18H16F6N2O3S. The van der Waals surface area contributed by atoms with E-state index in [1.54, 1.807) is 0 Å². The van der Waals surface area contributed by atoms with Gasteiger partial charge < -0.3 is 5.32 Å². The van der Waals surface area contributed by atoms with E-state index in [-0.39, 0.29) is 5.69 Å². The predicted molar refractivity (Wildman–Crippen MR) is 95.7 cm³/mol. The van der Waals surface area contributed by atoms with Crippen molar-refractivity contribution in [2.75, 3.05) is 5.32 Å². The van der Waals surface area contributed by atoms with E-state index in [1.165, 1.54) is 4.72 Å². The molecule has 0 saturated carbocycles. The van der Waals surface area contributed by atoms with E-state index in [1.807, 2.05) is 5.32 Å². The molecule has 2 N–H and O–H groups in total. The van der Waals surface area contributed by atoms with Crippen LogP contribution in [0.5, 0.6) is 0 Å². The highest BCUT2D eigenvalue weighted by Crippen LogP contribution is 2.27. The summed E-state index contributed by atoms with van der Waals surface area (Å²) in [4.78, 5) is 11.5. The van der Waals surface area contributed by atoms with Crippen molar-refractivity contribution < 1.29 is 39.6 Å². The van der Waals surface area contributed by atoms with Gasteiger partial charge in [-0.1, -0.05) is 13.8 Å². The second-order valence-corrected chi connectivity index (χ2v) is 8.32. The van der Waals surface area contributed by atoms with Gasteiger partial charge >= 0.3 is 6.18 Å². The number of nitrogens with one attached hydrogen (secondary N) is 2. The van der Waals surface area contributed by atoms with Crippen molar-refractivity contribution in [3.8, 4) is 0 Å². The predicted octanol–water partition coefficient (Wildman–Crippen LogP) is 4.22. The third-order valence-electron chi connectivity index (χ3n) is 3.97. The van der Waals surface area contributed by atoms with Gasteiger partial charge in [0.25, 0.3) is 5.91 Å². The summed E-state index contributed by atoms with van der Waals surface area (Å²) in [6.07, 6.45) is -4.88. The molecule has 0 radical (unpaired) electrons. The maximum atomic E-state index is 14.0. The van der Waals surface area contributed by atoms with Gasteiger partial charge in [0.1, 0.15) is 11.9 Å². The molecule has 164 valence electrons. The topological polar surface area (TPSA) is 75.3 Å². The van der Waals surface area contributed by atoms with E-state index in [4.69, 9.17) is 0 Å². The summed E-state index contributed by atoms with van der Waals surface area (Å²) in [5, 5.41) is 2.05. The number of carbonyl (C=O) groups excluding carboxylic acids is 1. The van der Waals surface area contributed by atoms with Crippen LogP contribution >= 0.6 is 0 Å². The Balaban J connectivity index is 2.35. The van der Waals surface area contributed by atoms with Crippen LogP contribution in [0.25, 0.3) is 0 Å². The molecule has 5 nitrogen and oxygen atoms in total. The lowest BCUT2D eigenvalue weighted by Gasteiger charge is -2.24. The van der Waals surface area contributed by atoms with Gasteiger partial charge in [-0.2, -0.15) is 17.9 Å². The highest BCUT2D eigenvalue weighted by atomic mass is 32.2. The average Bonchev–Trinajstić information content (AvgIpc) is 2.62. The first kappa shape index (κ1) is 23.7. The van der Waals surface area contributed by atoms with Gasteiger partial charge in [0.15, 0.2) is 11.6 Å². The molecule has 12 heteroatoms. The van der Waals surface area contributed by atoms with Crippen molar-refractivity contribution in [1.29, 1.82) is 0 Å². The summed E-state index contributed by atoms with van der Waals surface area (Å²) in [5.41, 5.74) is -1.07. The van der Waals surface area contributed by atoms with Crippen molar-refractivity contribution in [1.82, 2.24) is 4.72 Å². The van der Waals surface area contributed by atoms with Gasteiger partial charge in [0.2, 0.25) is 10.0 Å². The molecule has 30 heavy (non-hydrogen) atoms. The molecule has 1 atom stereocenters. The molecule has 0 spiro atoms. The molecule has 0 aromatic heterocycles. The summed E-state index contributed by atoms with van der Waals surface area (Å²) in [6.45, 7) is 2.32. The Bertz CT molecular complexity index is 1050. The third kappa shape index (κ3) is 5.51. The van der Waals surface area contributed by atoms with Crippen LogP contribution in [0.4, 0.5) is 32.0 Å². The van der Waals surface area contributed by atoms with Crippen LogP contribution in [0.3, 0.4) is 0 Å². The molecule has 2 aromatic rings. The SMILES string of the molecule is CC(C)C(NS(=O)(=O)c1ccc(F)c(C(=O)Nc2ccc(F)c(F)c2)c1)C(F)(F)F. The second kappa shape index (κ2) is 8.64. The lowest BCUT2D eigenvalue weighted by atomic mass is 10.1. The molecule has 0 bridgehead atoms. The summed E-state index contributed by atoms with van der Waals surface area (Å²) < 4.78 is 106. The quantitative estimate of drug-likeness (QED) is 0.642. The Labute approximate surface area is 168 Å². The fourth-order valence-electron chi connectivity index (χ4n) is 2.43. The number of alkyl halides is 3. The van der Waals surface area contributed by atoms with Crippen LogP contribution in [-0.2, 0) is 10.0 Å². The molecule has 1 amide bonds. The van der Waals surface area contributed by atoms with Crippen LogP contribution in [0.2, 0.25) is 0 Å². The lowest BCUT2D eigenvalue weighted by Crippen LogP contribution is -2.48. The standard InChI is InChI=1S/C18H16F6N2O3S/c1-9(2)16(18(22,23)24)26-30(28,29)11-4-6-13(19)12(8-11)17(27)25-10-3-5-14(20)15(21)7-10/h3-9,16,26H,1-2H3,(H,25,27). The highest BCUT2D eigenvalue weighted by molar-refractivity contribution is 7.89. The van der Waals surface area contributed by atoms with Gasteiger partial charge in [-0.05, 0) is 36.2 Å². The maximum absolute atomic E-state index is 14.0. The number of halogens is 6. The van der Waals surface area contributed by atoms with Crippen molar-refractivity contribution in [2.24, 2.45) is 5.92 Å². The number of carbonyl (C=O) groups is 1. The number of hydrogen-bond donors (Lipinski definition) is 2. The summed E-state index contributed by atoms with van der Waals surface area (Å²) in [5.74, 6) is -6.02. The van der Waals surface area contributed by atoms with E-state index in [0.717, 1.165) is 19.9 Å². The van der Waals surface area contributed by atoms with Gasteiger partial charge in [-0.15, -0.1) is 0 Å². The lowest BCUT2D eigenvalue weighted by molar-refractivity contribution is -0.160. The van der Waals surface area contributed by atoms with Gasteiger partial charge in [0, 0.05) is 11.8 Å². The average molecular weight is 454 g/mol. The largest absolute Gasteiger partial charge is 0.405 e. The molecule has 0 fully saturated rings. The molecule has 0 heterocycles. The van der Waals surface area contributed by atoms with Crippen molar-refractivity contribution in [3.63, 3.8) is 0 Å². The minimum atomic E-state index is -4.88. The van der Waals surface area contributed by atoms with Crippen LogP contribution < -0.4 is 10.0 Å². The number of sulfonamides is 1. The van der Waals surface area contributed by atoms with Crippen LogP contribution in [0, 0.1) is 23.4 Å². The Morgan fingerprint density at radius 2 is 1.53 bits per heavy atom. The van der Waals surface area contributed by atoms with Crippen molar-refractivity contribution in [2.45, 2.75) is 31.0 Å². The Kier molecular flexibility index (Phi) is 6.82. The summed E-state index contributed by atoms with van der Waals surface area (Å²) in [7, 11) is -4.77. The summed E-state index contributed by atoms with van der Waals surface area (Å²) >= 11 is 0. The Morgan fingerprint density at radius 3 is 2.07 bits per heavy atom. The van der Waals surface area contributed by atoms with Crippen LogP contribution in [0.15, 0.2) is 41.3 Å². The van der Waals surface area contributed by atoms with E-state index in [0.29, 0.717) is 30.3 Å². The first-order chi connectivity index (χ1) is 13.7. The number of amides is 1. The molecule has 0 aliphatic rings. The van der Waals surface area contributed by atoms with Crippen molar-refractivity contribution >= 4 is 21.6 Å². The molecular weight excluding hydrogens is 438 g/mol. The molecule has 0 saturated heterocycles. The van der Waals surface area contributed by atoms with Gasteiger partial charge in [0.05, 0.1) is 10.5 Å². The first-order valence-corrected chi connectivity index (χ1v) is 9.85. The molecule has 2 aromatic carbocycles. The smallest absolute Gasteiger partial charge is 0.322 e. The number of hydrogen-bond acceptors (Lipinski definition) is 3. The fraction of sp³-hybridized carbons (Fsp3) is 0.278. The zero-order chi connectivity index (χ0) is 22.9. The fourth-order valence-corrected chi connectivity index (χ4v) is 3.83. The summed E-state index contributed by atoms with van der Waals surface area (Å²) in [6, 6.07) is 1.71. The maximum Gasteiger partial charge on any atom is 0.405 e. The number of rotatable bonds is 6.